The van der Waals surface area contributed by atoms with Crippen LogP contribution in [0.2, 0.25) is 0 Å². The Bertz CT molecular complexity index is 860. The molecule has 6 heteroatoms. The molecule has 3 N–H and O–H groups in total. The van der Waals surface area contributed by atoms with E-state index in [0.717, 1.165) is 43.9 Å². The maximum absolute atomic E-state index is 12.4. The number of rotatable bonds is 8. The molecular weight excluding hydrogens is 376 g/mol. The molecule has 0 aromatic heterocycles. The third kappa shape index (κ3) is 6.32. The van der Waals surface area contributed by atoms with Crippen molar-refractivity contribution >= 4 is 11.9 Å². The number of ether oxygens (including phenoxy) is 1. The Hall–Kier alpha value is -2.86. The van der Waals surface area contributed by atoms with Crippen molar-refractivity contribution in [1.29, 1.82) is 0 Å². The van der Waals surface area contributed by atoms with E-state index in [1.54, 1.807) is 7.05 Å². The van der Waals surface area contributed by atoms with E-state index in [0.29, 0.717) is 18.7 Å². The highest BCUT2D eigenvalue weighted by Crippen LogP contribution is 2.12. The van der Waals surface area contributed by atoms with E-state index < -0.39 is 0 Å². The summed E-state index contributed by atoms with van der Waals surface area (Å²) in [6.45, 7) is 4.82. The van der Waals surface area contributed by atoms with E-state index in [9.17, 15) is 4.79 Å². The monoisotopic (exact) mass is 408 g/mol. The Balaban J connectivity index is 1.50. The number of aliphatic imine (C=N–C) groups is 1. The highest BCUT2D eigenvalue weighted by Gasteiger charge is 2.16. The summed E-state index contributed by atoms with van der Waals surface area (Å²) < 4.78 is 5.56. The van der Waals surface area contributed by atoms with Gasteiger partial charge in [-0.25, -0.2) is 0 Å². The van der Waals surface area contributed by atoms with Gasteiger partial charge in [0.15, 0.2) is 5.96 Å². The second kappa shape index (κ2) is 11.4. The Morgan fingerprint density at radius 2 is 1.87 bits per heavy atom. The Morgan fingerprint density at radius 3 is 2.60 bits per heavy atom. The molecule has 30 heavy (non-hydrogen) atoms. The van der Waals surface area contributed by atoms with E-state index in [1.165, 1.54) is 11.1 Å². The summed E-state index contributed by atoms with van der Waals surface area (Å²) in [6.07, 6.45) is 3.23. The van der Waals surface area contributed by atoms with Crippen LogP contribution in [0.15, 0.2) is 53.5 Å². The van der Waals surface area contributed by atoms with Gasteiger partial charge in [-0.2, -0.15) is 0 Å². The van der Waals surface area contributed by atoms with Crippen LogP contribution in [0, 0.1) is 0 Å². The average molecular weight is 409 g/mol. The molecule has 1 aliphatic heterocycles. The minimum Gasteiger partial charge on any atom is -0.376 e. The maximum atomic E-state index is 12.4. The van der Waals surface area contributed by atoms with E-state index >= 15 is 0 Å². The Labute approximate surface area is 179 Å². The Kier molecular flexibility index (Phi) is 8.27. The summed E-state index contributed by atoms with van der Waals surface area (Å²) >= 11 is 0. The van der Waals surface area contributed by atoms with Crippen LogP contribution >= 0.6 is 0 Å². The lowest BCUT2D eigenvalue weighted by Gasteiger charge is -2.14. The fraction of sp³-hybridized carbons (Fsp3) is 0.417. The molecule has 1 amide bonds. The van der Waals surface area contributed by atoms with Crippen LogP contribution in [0.25, 0.3) is 0 Å². The fourth-order valence-corrected chi connectivity index (χ4v) is 3.60. The van der Waals surface area contributed by atoms with E-state index in [1.807, 2.05) is 24.3 Å². The third-order valence-corrected chi connectivity index (χ3v) is 5.33. The summed E-state index contributed by atoms with van der Waals surface area (Å²) in [5, 5.41) is 9.66. The number of nitrogens with one attached hydrogen (secondary N) is 3. The molecule has 0 saturated carbocycles. The van der Waals surface area contributed by atoms with Crippen molar-refractivity contribution in [2.24, 2.45) is 4.99 Å². The van der Waals surface area contributed by atoms with E-state index in [-0.39, 0.29) is 12.0 Å². The number of nitrogens with zero attached hydrogens (tertiary/aromatic N) is 1. The van der Waals surface area contributed by atoms with Gasteiger partial charge in [0.05, 0.1) is 6.10 Å². The van der Waals surface area contributed by atoms with Crippen molar-refractivity contribution in [3.05, 3.63) is 70.8 Å². The molecule has 0 radical (unpaired) electrons. The second-order valence-corrected chi connectivity index (χ2v) is 7.45. The van der Waals surface area contributed by atoms with Crippen LogP contribution in [0.3, 0.4) is 0 Å². The minimum atomic E-state index is -0.0639. The first-order chi connectivity index (χ1) is 14.7. The van der Waals surface area contributed by atoms with Crippen LogP contribution in [0.4, 0.5) is 0 Å². The van der Waals surface area contributed by atoms with Gasteiger partial charge in [0, 0.05) is 38.9 Å². The number of hydrogen-bond donors (Lipinski definition) is 3. The van der Waals surface area contributed by atoms with Crippen LogP contribution in [0.1, 0.15) is 46.8 Å². The molecular formula is C24H32N4O2. The first kappa shape index (κ1) is 21.8. The molecule has 1 unspecified atom stereocenters. The predicted molar refractivity (Wildman–Crippen MR) is 121 cm³/mol. The van der Waals surface area contributed by atoms with Gasteiger partial charge in [-0.15, -0.1) is 0 Å². The standard InChI is InChI=1S/C24H32N4O2/c1-3-19-9-4-5-10-21(19)16-28-24(25-2)27-15-18-8-6-11-20(14-18)23(29)26-17-22-12-7-13-30-22/h4-6,8-11,14,22H,3,7,12-13,15-17H2,1-2H3,(H,26,29)(H2,25,27,28). The zero-order valence-corrected chi connectivity index (χ0v) is 17.9. The smallest absolute Gasteiger partial charge is 0.251 e. The fourth-order valence-electron chi connectivity index (χ4n) is 3.60. The average Bonchev–Trinajstić information content (AvgIpc) is 3.31. The normalized spacial score (nSPS) is 16.3. The highest BCUT2D eigenvalue weighted by molar-refractivity contribution is 5.94. The van der Waals surface area contributed by atoms with Crippen molar-refractivity contribution in [2.75, 3.05) is 20.2 Å². The van der Waals surface area contributed by atoms with Gasteiger partial charge >= 0.3 is 0 Å². The number of aryl methyl sites for hydroxylation is 1. The molecule has 1 fully saturated rings. The first-order valence-electron chi connectivity index (χ1n) is 10.7. The first-order valence-corrected chi connectivity index (χ1v) is 10.7. The molecule has 0 spiro atoms. The number of guanidine groups is 1. The van der Waals surface area contributed by atoms with Crippen LogP contribution in [-0.4, -0.2) is 38.2 Å². The number of carbonyl (C=O) groups excluding carboxylic acids is 1. The molecule has 0 aliphatic carbocycles. The summed E-state index contributed by atoms with van der Waals surface area (Å²) in [5.41, 5.74) is 4.29. The quantitative estimate of drug-likeness (QED) is 0.464. The zero-order valence-electron chi connectivity index (χ0n) is 17.9. The van der Waals surface area contributed by atoms with Gasteiger partial charge in [-0.05, 0) is 48.1 Å². The predicted octanol–water partition coefficient (Wildman–Crippen LogP) is 3.02. The third-order valence-electron chi connectivity index (χ3n) is 5.33. The molecule has 6 nitrogen and oxygen atoms in total. The zero-order chi connectivity index (χ0) is 21.2. The second-order valence-electron chi connectivity index (χ2n) is 7.45. The van der Waals surface area contributed by atoms with Gasteiger partial charge in [0.2, 0.25) is 0 Å². The van der Waals surface area contributed by atoms with Crippen molar-refractivity contribution in [3.8, 4) is 0 Å². The van der Waals surface area contributed by atoms with Crippen molar-refractivity contribution < 1.29 is 9.53 Å². The lowest BCUT2D eigenvalue weighted by molar-refractivity contribution is 0.0857. The number of amides is 1. The molecule has 2 aromatic carbocycles. The highest BCUT2D eigenvalue weighted by atomic mass is 16.5. The SMILES string of the molecule is CCc1ccccc1CNC(=NC)NCc1cccc(C(=O)NCC2CCCO2)c1. The minimum absolute atomic E-state index is 0.0639. The van der Waals surface area contributed by atoms with Crippen LogP contribution in [0.5, 0.6) is 0 Å². The Morgan fingerprint density at radius 1 is 1.07 bits per heavy atom. The molecule has 1 aliphatic rings. The van der Waals surface area contributed by atoms with Gasteiger partial charge < -0.3 is 20.7 Å². The molecule has 3 rings (SSSR count). The van der Waals surface area contributed by atoms with Crippen molar-refractivity contribution in [2.45, 2.75) is 45.4 Å². The number of carbonyl (C=O) groups is 1. The van der Waals surface area contributed by atoms with E-state index in [2.05, 4.69) is 52.1 Å². The lowest BCUT2D eigenvalue weighted by atomic mass is 10.1. The van der Waals surface area contributed by atoms with Crippen LogP contribution in [-0.2, 0) is 24.2 Å². The molecule has 1 saturated heterocycles. The van der Waals surface area contributed by atoms with Crippen LogP contribution < -0.4 is 16.0 Å². The lowest BCUT2D eigenvalue weighted by Crippen LogP contribution is -2.36. The maximum Gasteiger partial charge on any atom is 0.251 e. The molecule has 2 aromatic rings. The molecule has 160 valence electrons. The summed E-state index contributed by atoms with van der Waals surface area (Å²) in [6, 6.07) is 16.1. The van der Waals surface area contributed by atoms with Crippen molar-refractivity contribution in [1.82, 2.24) is 16.0 Å². The van der Waals surface area contributed by atoms with Gasteiger partial charge in [-0.1, -0.05) is 43.3 Å². The molecule has 1 atom stereocenters. The molecule has 1 heterocycles. The van der Waals surface area contributed by atoms with Crippen molar-refractivity contribution in [3.63, 3.8) is 0 Å². The van der Waals surface area contributed by atoms with Gasteiger partial charge in [0.25, 0.3) is 5.91 Å². The van der Waals surface area contributed by atoms with Gasteiger partial charge in [-0.3, -0.25) is 9.79 Å². The number of benzene rings is 2. The summed E-state index contributed by atoms with van der Waals surface area (Å²) in [7, 11) is 1.76. The number of hydrogen-bond acceptors (Lipinski definition) is 3. The topological polar surface area (TPSA) is 74.8 Å². The largest absolute Gasteiger partial charge is 0.376 e. The van der Waals surface area contributed by atoms with Gasteiger partial charge in [0.1, 0.15) is 0 Å². The summed E-state index contributed by atoms with van der Waals surface area (Å²) in [4.78, 5) is 16.8. The summed E-state index contributed by atoms with van der Waals surface area (Å²) in [5.74, 6) is 0.667. The molecule has 0 bridgehead atoms. The van der Waals surface area contributed by atoms with E-state index in [4.69, 9.17) is 4.74 Å².